The number of phenolic OH excluding ortho intramolecular Hbond substituents is 1. The Kier molecular flexibility index (Phi) is 4.13. The molecular weight excluding hydrogens is 210 g/mol. The Morgan fingerprint density at radius 2 is 2.25 bits per heavy atom. The molecule has 0 amide bonds. The molecule has 16 heavy (non-hydrogen) atoms. The number of nitrogens with two attached hydrogens (primary N) is 1. The molecule has 0 aliphatic rings. The van der Waals surface area contributed by atoms with E-state index in [2.05, 4.69) is 0 Å². The Balaban J connectivity index is 2.94. The van der Waals surface area contributed by atoms with E-state index in [0.29, 0.717) is 12.4 Å². The van der Waals surface area contributed by atoms with Crippen molar-refractivity contribution in [3.05, 3.63) is 23.8 Å². The smallest absolute Gasteiger partial charge is 0.325 e. The van der Waals surface area contributed by atoms with Gasteiger partial charge in [-0.25, -0.2) is 0 Å². The molecule has 0 heterocycles. The summed E-state index contributed by atoms with van der Waals surface area (Å²) in [6, 6.07) is 3.15. The van der Waals surface area contributed by atoms with Crippen LogP contribution in [-0.4, -0.2) is 22.8 Å². The zero-order valence-corrected chi connectivity index (χ0v) is 9.01. The van der Waals surface area contributed by atoms with Crippen LogP contribution in [0, 0.1) is 0 Å². The zero-order chi connectivity index (χ0) is 12.1. The molecule has 1 rings (SSSR count). The number of carboxylic acid groups (broad SMARTS) is 1. The van der Waals surface area contributed by atoms with Gasteiger partial charge in [-0.3, -0.25) is 4.79 Å². The second-order valence-electron chi connectivity index (χ2n) is 3.38. The van der Waals surface area contributed by atoms with Gasteiger partial charge in [-0.15, -0.1) is 0 Å². The van der Waals surface area contributed by atoms with Gasteiger partial charge < -0.3 is 20.7 Å². The summed E-state index contributed by atoms with van der Waals surface area (Å²) in [7, 11) is 0. The minimum atomic E-state index is -1.25. The first-order chi connectivity index (χ1) is 7.56. The maximum Gasteiger partial charge on any atom is 0.325 e. The van der Waals surface area contributed by atoms with Gasteiger partial charge in [0.2, 0.25) is 0 Å². The molecule has 0 spiro atoms. The van der Waals surface area contributed by atoms with Gasteiger partial charge in [0, 0.05) is 5.56 Å². The highest BCUT2D eigenvalue weighted by Crippen LogP contribution is 2.27. The molecule has 1 atom stereocenters. The quantitative estimate of drug-likeness (QED) is 0.701. The molecule has 5 heteroatoms. The van der Waals surface area contributed by atoms with Crippen molar-refractivity contribution in [3.63, 3.8) is 0 Å². The van der Waals surface area contributed by atoms with E-state index in [1.165, 1.54) is 12.1 Å². The third kappa shape index (κ3) is 2.87. The molecule has 0 fully saturated rings. The first kappa shape index (κ1) is 12.3. The van der Waals surface area contributed by atoms with Crippen molar-refractivity contribution in [2.45, 2.75) is 19.4 Å². The largest absolute Gasteiger partial charge is 0.508 e. The molecule has 0 bridgehead atoms. The predicted octanol–water partition coefficient (Wildman–Crippen LogP) is 1.27. The van der Waals surface area contributed by atoms with Crippen molar-refractivity contribution in [1.29, 1.82) is 0 Å². The lowest BCUT2D eigenvalue weighted by atomic mass is 10.1. The Morgan fingerprint density at radius 1 is 1.56 bits per heavy atom. The highest BCUT2D eigenvalue weighted by Gasteiger charge is 2.18. The van der Waals surface area contributed by atoms with E-state index in [0.717, 1.165) is 6.42 Å². The van der Waals surface area contributed by atoms with Gasteiger partial charge in [0.25, 0.3) is 0 Å². The van der Waals surface area contributed by atoms with Gasteiger partial charge in [0.1, 0.15) is 17.5 Å². The molecule has 1 aromatic rings. The number of aliphatic carboxylic acids is 1. The number of aromatic hydroxyl groups is 1. The van der Waals surface area contributed by atoms with Crippen LogP contribution < -0.4 is 10.5 Å². The minimum absolute atomic E-state index is 0.140. The van der Waals surface area contributed by atoms with Crippen molar-refractivity contribution < 1.29 is 19.7 Å². The summed E-state index contributed by atoms with van der Waals surface area (Å²) in [4.78, 5) is 10.7. The maximum atomic E-state index is 10.7. The molecule has 0 saturated carbocycles. The fourth-order valence-corrected chi connectivity index (χ4v) is 1.22. The fraction of sp³-hybridized carbons (Fsp3) is 0.364. The second-order valence-corrected chi connectivity index (χ2v) is 3.38. The van der Waals surface area contributed by atoms with Crippen molar-refractivity contribution in [1.82, 2.24) is 0 Å². The average molecular weight is 225 g/mol. The zero-order valence-electron chi connectivity index (χ0n) is 9.01. The lowest BCUT2D eigenvalue weighted by Gasteiger charge is -2.11. The van der Waals surface area contributed by atoms with Gasteiger partial charge in [-0.05, 0) is 24.6 Å². The van der Waals surface area contributed by atoms with Crippen molar-refractivity contribution in [3.8, 4) is 11.5 Å². The molecule has 5 nitrogen and oxygen atoms in total. The van der Waals surface area contributed by atoms with E-state index < -0.39 is 12.0 Å². The number of carboxylic acids is 1. The summed E-state index contributed by atoms with van der Waals surface area (Å²) in [6.45, 7) is 2.50. The number of hydrogen-bond acceptors (Lipinski definition) is 4. The van der Waals surface area contributed by atoms with E-state index in [1.54, 1.807) is 6.07 Å². The number of benzene rings is 1. The fourth-order valence-electron chi connectivity index (χ4n) is 1.22. The van der Waals surface area contributed by atoms with Gasteiger partial charge >= 0.3 is 5.97 Å². The monoisotopic (exact) mass is 225 g/mol. The molecule has 1 aromatic carbocycles. The lowest BCUT2D eigenvalue weighted by Crippen LogP contribution is -2.20. The Labute approximate surface area is 93.5 Å². The van der Waals surface area contributed by atoms with Crippen LogP contribution in [0.15, 0.2) is 18.2 Å². The second kappa shape index (κ2) is 5.37. The van der Waals surface area contributed by atoms with Gasteiger partial charge in [0.15, 0.2) is 0 Å². The number of phenols is 1. The topological polar surface area (TPSA) is 92.8 Å². The predicted molar refractivity (Wildman–Crippen MR) is 58.5 cm³/mol. The number of carbonyl (C=O) groups is 1. The first-order valence-corrected chi connectivity index (χ1v) is 5.00. The number of ether oxygens (including phenoxy) is 1. The molecule has 0 radical (unpaired) electrons. The SMILES string of the molecule is CCCOc1ccc(O)c([C@H](N)C(=O)O)c1. The number of rotatable bonds is 5. The summed E-state index contributed by atoms with van der Waals surface area (Å²) in [5, 5.41) is 18.2. The van der Waals surface area contributed by atoms with E-state index in [4.69, 9.17) is 15.6 Å². The van der Waals surface area contributed by atoms with Crippen LogP contribution in [0.4, 0.5) is 0 Å². The summed E-state index contributed by atoms with van der Waals surface area (Å²) < 4.78 is 5.32. The minimum Gasteiger partial charge on any atom is -0.508 e. The highest BCUT2D eigenvalue weighted by molar-refractivity contribution is 5.76. The van der Waals surface area contributed by atoms with E-state index in [-0.39, 0.29) is 11.3 Å². The van der Waals surface area contributed by atoms with Crippen LogP contribution in [0.2, 0.25) is 0 Å². The molecule has 0 aromatic heterocycles. The van der Waals surface area contributed by atoms with E-state index in [1.807, 2.05) is 6.92 Å². The highest BCUT2D eigenvalue weighted by atomic mass is 16.5. The van der Waals surface area contributed by atoms with Gasteiger partial charge in [-0.2, -0.15) is 0 Å². The third-order valence-electron chi connectivity index (χ3n) is 2.07. The van der Waals surface area contributed by atoms with Crippen LogP contribution in [0.5, 0.6) is 11.5 Å². The maximum absolute atomic E-state index is 10.7. The number of hydrogen-bond donors (Lipinski definition) is 3. The van der Waals surface area contributed by atoms with Crippen LogP contribution in [-0.2, 0) is 4.79 Å². The third-order valence-corrected chi connectivity index (χ3v) is 2.07. The molecule has 0 aliphatic heterocycles. The summed E-state index contributed by atoms with van der Waals surface area (Å²) in [6.07, 6.45) is 0.848. The molecule has 0 unspecified atom stereocenters. The van der Waals surface area contributed by atoms with Crippen LogP contribution in [0.3, 0.4) is 0 Å². The Hall–Kier alpha value is -1.75. The Bertz CT molecular complexity index is 378. The Morgan fingerprint density at radius 3 is 2.81 bits per heavy atom. The molecule has 0 aliphatic carbocycles. The van der Waals surface area contributed by atoms with Gasteiger partial charge in [-0.1, -0.05) is 6.92 Å². The molecular formula is C11H15NO4. The lowest BCUT2D eigenvalue weighted by molar-refractivity contribution is -0.138. The molecule has 88 valence electrons. The van der Waals surface area contributed by atoms with Crippen LogP contribution in [0.25, 0.3) is 0 Å². The first-order valence-electron chi connectivity index (χ1n) is 5.00. The summed E-state index contributed by atoms with van der Waals surface area (Å²) in [5.41, 5.74) is 5.57. The van der Waals surface area contributed by atoms with Crippen LogP contribution >= 0.6 is 0 Å². The van der Waals surface area contributed by atoms with Crippen molar-refractivity contribution in [2.24, 2.45) is 5.73 Å². The van der Waals surface area contributed by atoms with Crippen molar-refractivity contribution in [2.75, 3.05) is 6.61 Å². The summed E-state index contributed by atoms with van der Waals surface area (Å²) >= 11 is 0. The van der Waals surface area contributed by atoms with E-state index in [9.17, 15) is 9.90 Å². The summed E-state index contributed by atoms with van der Waals surface area (Å²) in [5.74, 6) is -0.826. The van der Waals surface area contributed by atoms with Gasteiger partial charge in [0.05, 0.1) is 6.61 Å². The normalized spacial score (nSPS) is 12.1. The molecule has 0 saturated heterocycles. The average Bonchev–Trinajstić information content (AvgIpc) is 2.27. The van der Waals surface area contributed by atoms with E-state index >= 15 is 0 Å². The van der Waals surface area contributed by atoms with Crippen molar-refractivity contribution >= 4 is 5.97 Å². The standard InChI is InChI=1S/C11H15NO4/c1-2-5-16-7-3-4-9(13)8(6-7)10(12)11(14)15/h3-4,6,10,13H,2,5,12H2,1H3,(H,14,15)/t10-/m0/s1. The van der Waals surface area contributed by atoms with Crippen LogP contribution in [0.1, 0.15) is 24.9 Å². The molecule has 4 N–H and O–H groups in total.